The second kappa shape index (κ2) is 6.17. The van der Waals surface area contributed by atoms with Crippen molar-refractivity contribution in [1.82, 2.24) is 0 Å². The molecule has 24 heavy (non-hydrogen) atoms. The summed E-state index contributed by atoms with van der Waals surface area (Å²) < 4.78 is 5.79. The van der Waals surface area contributed by atoms with Gasteiger partial charge in [-0.3, -0.25) is 4.79 Å². The Morgan fingerprint density at radius 1 is 1.25 bits per heavy atom. The molecule has 0 unspecified atom stereocenters. The molecular weight excluding hydrogens is 324 g/mol. The van der Waals surface area contributed by atoms with Gasteiger partial charge in [0.1, 0.15) is 17.1 Å². The first-order chi connectivity index (χ1) is 11.4. The van der Waals surface area contributed by atoms with Crippen LogP contribution in [0.25, 0.3) is 12.2 Å². The van der Waals surface area contributed by atoms with E-state index in [1.165, 1.54) is 6.08 Å². The van der Waals surface area contributed by atoms with Gasteiger partial charge in [0.2, 0.25) is 0 Å². The third kappa shape index (κ3) is 3.36. The van der Waals surface area contributed by atoms with Crippen molar-refractivity contribution >= 4 is 29.5 Å². The molecule has 0 saturated carbocycles. The van der Waals surface area contributed by atoms with Gasteiger partial charge in [0.15, 0.2) is 5.78 Å². The summed E-state index contributed by atoms with van der Waals surface area (Å²) in [6.07, 6.45) is 6.73. The Balaban J connectivity index is 1.89. The third-order valence-electron chi connectivity index (χ3n) is 3.74. The summed E-state index contributed by atoms with van der Waals surface area (Å²) in [5.41, 5.74) is 1.15. The van der Waals surface area contributed by atoms with Gasteiger partial charge in [0.25, 0.3) is 0 Å². The molecule has 0 fully saturated rings. The molecule has 0 bridgehead atoms. The van der Waals surface area contributed by atoms with Crippen LogP contribution in [0, 0.1) is 0 Å². The molecule has 3 nitrogen and oxygen atoms in total. The lowest BCUT2D eigenvalue weighted by Gasteiger charge is -2.28. The Labute approximate surface area is 145 Å². The third-order valence-corrected chi connectivity index (χ3v) is 3.98. The van der Waals surface area contributed by atoms with E-state index in [9.17, 15) is 9.90 Å². The van der Waals surface area contributed by atoms with E-state index in [-0.39, 0.29) is 17.1 Å². The second-order valence-corrected chi connectivity index (χ2v) is 6.60. The van der Waals surface area contributed by atoms with E-state index in [2.05, 4.69) is 0 Å². The molecule has 1 heterocycles. The van der Waals surface area contributed by atoms with Crippen LogP contribution >= 0.6 is 11.6 Å². The topological polar surface area (TPSA) is 46.5 Å². The highest BCUT2D eigenvalue weighted by atomic mass is 35.5. The first kappa shape index (κ1) is 16.3. The van der Waals surface area contributed by atoms with Crippen LogP contribution < -0.4 is 4.74 Å². The van der Waals surface area contributed by atoms with Crippen molar-refractivity contribution in [3.63, 3.8) is 0 Å². The van der Waals surface area contributed by atoms with Gasteiger partial charge in [0, 0.05) is 5.02 Å². The minimum Gasteiger partial charge on any atom is -0.506 e. The number of fused-ring (bicyclic) bond motifs is 1. The Morgan fingerprint density at radius 3 is 2.79 bits per heavy atom. The zero-order chi connectivity index (χ0) is 17.3. The van der Waals surface area contributed by atoms with Crippen LogP contribution in [-0.2, 0) is 0 Å². The molecule has 0 saturated heterocycles. The zero-order valence-electron chi connectivity index (χ0n) is 13.4. The fourth-order valence-corrected chi connectivity index (χ4v) is 2.71. The zero-order valence-corrected chi connectivity index (χ0v) is 14.2. The summed E-state index contributed by atoms with van der Waals surface area (Å²) in [5, 5.41) is 11.0. The van der Waals surface area contributed by atoms with Crippen LogP contribution in [0.15, 0.2) is 48.6 Å². The summed E-state index contributed by atoms with van der Waals surface area (Å²) in [7, 11) is 0. The fourth-order valence-electron chi connectivity index (χ4n) is 2.51. The van der Waals surface area contributed by atoms with Crippen molar-refractivity contribution in [3.8, 4) is 11.5 Å². The van der Waals surface area contributed by atoms with E-state index < -0.39 is 5.60 Å². The highest BCUT2D eigenvalue weighted by molar-refractivity contribution is 6.30. The number of ether oxygens (including phenoxy) is 1. The normalized spacial score (nSPS) is 15.1. The number of carbonyl (C=O) groups excluding carboxylic acids is 1. The summed E-state index contributed by atoms with van der Waals surface area (Å²) >= 11 is 5.92. The van der Waals surface area contributed by atoms with E-state index in [1.54, 1.807) is 36.4 Å². The number of aromatic hydroxyl groups is 1. The van der Waals surface area contributed by atoms with Crippen molar-refractivity contribution < 1.29 is 14.6 Å². The van der Waals surface area contributed by atoms with Gasteiger partial charge in [0.05, 0.1) is 11.1 Å². The number of halogens is 1. The van der Waals surface area contributed by atoms with E-state index in [4.69, 9.17) is 16.3 Å². The largest absolute Gasteiger partial charge is 0.506 e. The number of hydrogen-bond donors (Lipinski definition) is 1. The molecular formula is C20H17ClO3. The van der Waals surface area contributed by atoms with E-state index in [0.29, 0.717) is 16.3 Å². The smallest absolute Gasteiger partial charge is 0.189 e. The summed E-state index contributed by atoms with van der Waals surface area (Å²) in [5.74, 6) is 0.212. The van der Waals surface area contributed by atoms with Crippen molar-refractivity contribution in [2.24, 2.45) is 0 Å². The standard InChI is InChI=1S/C20H17ClO3/c1-20(2)11-10-16-18(24-20)9-7-15(19(16)23)17(22)8-6-13-4-3-5-14(21)12-13/h3-12,23H,1-2H3/b8-6+. The second-order valence-electron chi connectivity index (χ2n) is 6.16. The summed E-state index contributed by atoms with van der Waals surface area (Å²) in [6.45, 7) is 3.85. The van der Waals surface area contributed by atoms with E-state index >= 15 is 0 Å². The number of hydrogen-bond acceptors (Lipinski definition) is 3. The molecule has 0 aromatic heterocycles. The van der Waals surface area contributed by atoms with Crippen molar-refractivity contribution in [1.29, 1.82) is 0 Å². The Hall–Kier alpha value is -2.52. The molecule has 0 amide bonds. The first-order valence-corrected chi connectivity index (χ1v) is 7.96. The number of phenols is 1. The predicted octanol–water partition coefficient (Wildman–Crippen LogP) is 5.13. The summed E-state index contributed by atoms with van der Waals surface area (Å²) in [4.78, 5) is 12.4. The molecule has 3 rings (SSSR count). The van der Waals surface area contributed by atoms with Gasteiger partial charge in [-0.25, -0.2) is 0 Å². The lowest BCUT2D eigenvalue weighted by atomic mass is 9.98. The molecule has 0 radical (unpaired) electrons. The maximum atomic E-state index is 12.4. The van der Waals surface area contributed by atoms with Crippen LogP contribution in [0.5, 0.6) is 11.5 Å². The maximum absolute atomic E-state index is 12.4. The Kier molecular flexibility index (Phi) is 4.20. The van der Waals surface area contributed by atoms with Gasteiger partial charge >= 0.3 is 0 Å². The number of carbonyl (C=O) groups is 1. The molecule has 0 atom stereocenters. The van der Waals surface area contributed by atoms with Gasteiger partial charge in [-0.05, 0) is 61.9 Å². The van der Waals surface area contributed by atoms with Crippen LogP contribution in [-0.4, -0.2) is 16.5 Å². The minimum atomic E-state index is -0.433. The monoisotopic (exact) mass is 340 g/mol. The molecule has 1 aliphatic heterocycles. The highest BCUT2D eigenvalue weighted by Crippen LogP contribution is 2.38. The van der Waals surface area contributed by atoms with Crippen molar-refractivity contribution in [3.05, 3.63) is 70.3 Å². The van der Waals surface area contributed by atoms with Gasteiger partial charge < -0.3 is 9.84 Å². The van der Waals surface area contributed by atoms with Gasteiger partial charge in [-0.15, -0.1) is 0 Å². The highest BCUT2D eigenvalue weighted by Gasteiger charge is 2.25. The van der Waals surface area contributed by atoms with Crippen LogP contribution in [0.3, 0.4) is 0 Å². The average molecular weight is 341 g/mol. The molecule has 0 spiro atoms. The molecule has 0 aliphatic carbocycles. The van der Waals surface area contributed by atoms with Crippen molar-refractivity contribution in [2.75, 3.05) is 0 Å². The van der Waals surface area contributed by atoms with E-state index in [0.717, 1.165) is 5.56 Å². The van der Waals surface area contributed by atoms with Crippen LogP contribution in [0.4, 0.5) is 0 Å². The minimum absolute atomic E-state index is 0.0694. The lowest BCUT2D eigenvalue weighted by molar-refractivity contribution is 0.104. The lowest BCUT2D eigenvalue weighted by Crippen LogP contribution is -2.27. The molecule has 4 heteroatoms. The molecule has 1 aliphatic rings. The average Bonchev–Trinajstić information content (AvgIpc) is 2.52. The maximum Gasteiger partial charge on any atom is 0.189 e. The molecule has 1 N–H and O–H groups in total. The van der Waals surface area contributed by atoms with Crippen LogP contribution in [0.2, 0.25) is 5.02 Å². The Bertz CT molecular complexity index is 863. The van der Waals surface area contributed by atoms with E-state index in [1.807, 2.05) is 32.1 Å². The molecule has 2 aromatic carbocycles. The molecule has 122 valence electrons. The first-order valence-electron chi connectivity index (χ1n) is 7.58. The Morgan fingerprint density at radius 2 is 2.04 bits per heavy atom. The number of rotatable bonds is 3. The SMILES string of the molecule is CC1(C)C=Cc2c(ccc(C(=O)/C=C/c3cccc(Cl)c3)c2O)O1. The van der Waals surface area contributed by atoms with Gasteiger partial charge in [-0.2, -0.15) is 0 Å². The quantitative estimate of drug-likeness (QED) is 0.622. The number of phenolic OH excluding ortho intramolecular Hbond substituents is 1. The number of allylic oxidation sites excluding steroid dienone is 1. The molecule has 2 aromatic rings. The van der Waals surface area contributed by atoms with Gasteiger partial charge in [-0.1, -0.05) is 29.8 Å². The number of benzene rings is 2. The predicted molar refractivity (Wildman–Crippen MR) is 96.7 cm³/mol. The summed E-state index contributed by atoms with van der Waals surface area (Å²) in [6, 6.07) is 10.5. The van der Waals surface area contributed by atoms with Crippen molar-refractivity contribution in [2.45, 2.75) is 19.4 Å². The number of ketones is 1. The fraction of sp³-hybridized carbons (Fsp3) is 0.150. The van der Waals surface area contributed by atoms with Crippen LogP contribution in [0.1, 0.15) is 35.3 Å².